The van der Waals surface area contributed by atoms with E-state index in [9.17, 15) is 9.59 Å². The van der Waals surface area contributed by atoms with Crippen LogP contribution in [-0.2, 0) is 4.79 Å². The van der Waals surface area contributed by atoms with Gasteiger partial charge in [-0.1, -0.05) is 22.0 Å². The lowest BCUT2D eigenvalue weighted by Gasteiger charge is -2.16. The molecule has 5 nitrogen and oxygen atoms in total. The molecule has 0 aliphatic rings. The van der Waals surface area contributed by atoms with Crippen LogP contribution in [0.15, 0.2) is 22.7 Å². The highest BCUT2D eigenvalue weighted by atomic mass is 79.9. The van der Waals surface area contributed by atoms with Crippen molar-refractivity contribution in [2.75, 3.05) is 26.4 Å². The van der Waals surface area contributed by atoms with E-state index in [0.29, 0.717) is 17.1 Å². The van der Waals surface area contributed by atoms with Crippen molar-refractivity contribution >= 4 is 54.9 Å². The zero-order chi connectivity index (χ0) is 15.6. The molecule has 0 radical (unpaired) electrons. The summed E-state index contributed by atoms with van der Waals surface area (Å²) < 4.78 is 1.84. The van der Waals surface area contributed by atoms with E-state index in [1.807, 2.05) is 18.2 Å². The van der Waals surface area contributed by atoms with Gasteiger partial charge in [-0.25, -0.2) is 0 Å². The molecule has 0 aliphatic carbocycles. The molecule has 0 unspecified atom stereocenters. The van der Waals surface area contributed by atoms with E-state index in [-0.39, 0.29) is 18.2 Å². The van der Waals surface area contributed by atoms with E-state index < -0.39 is 0 Å². The highest BCUT2D eigenvalue weighted by Gasteiger charge is 2.21. The van der Waals surface area contributed by atoms with Crippen molar-refractivity contribution in [2.24, 2.45) is 0 Å². The SMILES string of the molecule is CNC(=O)CCN(C)C(=O)c1sc2cccc(Br)c2c1N. The number of amides is 2. The first-order valence-electron chi connectivity index (χ1n) is 6.38. The number of halogens is 1. The third-order valence-corrected chi connectivity index (χ3v) is 5.02. The number of rotatable bonds is 4. The van der Waals surface area contributed by atoms with Gasteiger partial charge in [0.15, 0.2) is 0 Å². The number of fused-ring (bicyclic) bond motifs is 1. The molecule has 7 heteroatoms. The Hall–Kier alpha value is -1.60. The maximum Gasteiger partial charge on any atom is 0.265 e. The Balaban J connectivity index is 2.25. The molecular weight excluding hydrogens is 354 g/mol. The monoisotopic (exact) mass is 369 g/mol. The summed E-state index contributed by atoms with van der Waals surface area (Å²) in [6, 6.07) is 5.74. The van der Waals surface area contributed by atoms with Crippen LogP contribution >= 0.6 is 27.3 Å². The molecule has 0 aliphatic heterocycles. The standard InChI is InChI=1S/C14H16BrN3O2S/c1-17-10(19)6-7-18(2)14(20)13-12(16)11-8(15)4-3-5-9(11)21-13/h3-5H,6-7,16H2,1-2H3,(H,17,19). The lowest BCUT2D eigenvalue weighted by Crippen LogP contribution is -2.31. The van der Waals surface area contributed by atoms with Crippen molar-refractivity contribution in [2.45, 2.75) is 6.42 Å². The van der Waals surface area contributed by atoms with Gasteiger partial charge in [0.2, 0.25) is 5.91 Å². The average Bonchev–Trinajstić information content (AvgIpc) is 2.82. The summed E-state index contributed by atoms with van der Waals surface area (Å²) in [5.74, 6) is -0.258. The highest BCUT2D eigenvalue weighted by Crippen LogP contribution is 2.38. The van der Waals surface area contributed by atoms with Crippen LogP contribution in [0.3, 0.4) is 0 Å². The van der Waals surface area contributed by atoms with Crippen LogP contribution in [0.25, 0.3) is 10.1 Å². The van der Waals surface area contributed by atoms with Gasteiger partial charge in [0.1, 0.15) is 4.88 Å². The predicted octanol–water partition coefficient (Wildman–Crippen LogP) is 2.45. The van der Waals surface area contributed by atoms with Gasteiger partial charge in [-0.3, -0.25) is 9.59 Å². The number of anilines is 1. The Morgan fingerprint density at radius 3 is 2.76 bits per heavy atom. The molecule has 2 rings (SSSR count). The number of hydrogen-bond donors (Lipinski definition) is 2. The van der Waals surface area contributed by atoms with Crippen LogP contribution in [0.5, 0.6) is 0 Å². The van der Waals surface area contributed by atoms with Crippen LogP contribution < -0.4 is 11.1 Å². The number of thiophene rings is 1. The molecule has 0 fully saturated rings. The first-order valence-corrected chi connectivity index (χ1v) is 7.99. The van der Waals surface area contributed by atoms with Gasteiger partial charge in [-0.05, 0) is 12.1 Å². The molecule has 112 valence electrons. The third kappa shape index (κ3) is 3.19. The fourth-order valence-corrected chi connectivity index (χ4v) is 3.81. The van der Waals surface area contributed by atoms with Crippen molar-refractivity contribution in [3.63, 3.8) is 0 Å². The molecule has 2 aromatic rings. The van der Waals surface area contributed by atoms with Crippen LogP contribution in [0.1, 0.15) is 16.1 Å². The maximum atomic E-state index is 12.5. The Bertz CT molecular complexity index is 699. The second-order valence-corrected chi connectivity index (χ2v) is 6.51. The first-order chi connectivity index (χ1) is 9.95. The number of nitrogens with zero attached hydrogens (tertiary/aromatic N) is 1. The molecule has 1 aromatic heterocycles. The van der Waals surface area contributed by atoms with Gasteiger partial charge >= 0.3 is 0 Å². The van der Waals surface area contributed by atoms with Crippen molar-refractivity contribution < 1.29 is 9.59 Å². The number of nitrogens with two attached hydrogens (primary N) is 1. The summed E-state index contributed by atoms with van der Waals surface area (Å²) >= 11 is 4.82. The quantitative estimate of drug-likeness (QED) is 0.868. The molecule has 1 heterocycles. The van der Waals surface area contributed by atoms with E-state index >= 15 is 0 Å². The van der Waals surface area contributed by atoms with Gasteiger partial charge in [0.05, 0.1) is 5.69 Å². The molecule has 1 aromatic carbocycles. The van der Waals surface area contributed by atoms with E-state index in [4.69, 9.17) is 5.73 Å². The summed E-state index contributed by atoms with van der Waals surface area (Å²) in [4.78, 5) is 25.7. The van der Waals surface area contributed by atoms with Crippen molar-refractivity contribution in [1.29, 1.82) is 0 Å². The fraction of sp³-hybridized carbons (Fsp3) is 0.286. The first kappa shape index (κ1) is 15.8. The molecule has 2 amide bonds. The minimum absolute atomic E-state index is 0.0956. The topological polar surface area (TPSA) is 75.4 Å². The maximum absolute atomic E-state index is 12.5. The normalized spacial score (nSPS) is 10.6. The highest BCUT2D eigenvalue weighted by molar-refractivity contribution is 9.10. The Morgan fingerprint density at radius 2 is 2.14 bits per heavy atom. The van der Waals surface area contributed by atoms with Gasteiger partial charge in [0, 0.05) is 41.6 Å². The zero-order valence-corrected chi connectivity index (χ0v) is 14.2. The number of benzene rings is 1. The molecule has 0 saturated carbocycles. The fourth-order valence-electron chi connectivity index (χ4n) is 1.96. The predicted molar refractivity (Wildman–Crippen MR) is 89.6 cm³/mol. The van der Waals surface area contributed by atoms with Crippen molar-refractivity contribution in [3.05, 3.63) is 27.5 Å². The van der Waals surface area contributed by atoms with Crippen molar-refractivity contribution in [3.8, 4) is 0 Å². The number of nitrogen functional groups attached to an aromatic ring is 1. The summed E-state index contributed by atoms with van der Waals surface area (Å²) in [5.41, 5.74) is 6.60. The molecule has 0 saturated heterocycles. The van der Waals surface area contributed by atoms with Crippen molar-refractivity contribution in [1.82, 2.24) is 10.2 Å². The summed E-state index contributed by atoms with van der Waals surface area (Å²) in [6.45, 7) is 0.355. The van der Waals surface area contributed by atoms with E-state index in [1.54, 1.807) is 14.1 Å². The van der Waals surface area contributed by atoms with Gasteiger partial charge < -0.3 is 16.0 Å². The third-order valence-electron chi connectivity index (χ3n) is 3.20. The second-order valence-electron chi connectivity index (χ2n) is 4.61. The Morgan fingerprint density at radius 1 is 1.43 bits per heavy atom. The van der Waals surface area contributed by atoms with Gasteiger partial charge in [-0.2, -0.15) is 0 Å². The zero-order valence-electron chi connectivity index (χ0n) is 11.8. The summed E-state index contributed by atoms with van der Waals surface area (Å²) in [6.07, 6.45) is 0.271. The smallest absolute Gasteiger partial charge is 0.265 e. The molecule has 0 bridgehead atoms. The van der Waals surface area contributed by atoms with Gasteiger partial charge in [-0.15, -0.1) is 11.3 Å². The molecule has 21 heavy (non-hydrogen) atoms. The number of carbonyl (C=O) groups excluding carboxylic acids is 2. The minimum atomic E-state index is -0.162. The average molecular weight is 370 g/mol. The molecule has 3 N–H and O–H groups in total. The van der Waals surface area contributed by atoms with Crippen LogP contribution in [0.2, 0.25) is 0 Å². The molecule has 0 atom stereocenters. The van der Waals surface area contributed by atoms with E-state index in [0.717, 1.165) is 14.6 Å². The van der Waals surface area contributed by atoms with Crippen LogP contribution in [0, 0.1) is 0 Å². The number of nitrogens with one attached hydrogen (secondary N) is 1. The van der Waals surface area contributed by atoms with Crippen LogP contribution in [0.4, 0.5) is 5.69 Å². The second kappa shape index (κ2) is 6.44. The van der Waals surface area contributed by atoms with Gasteiger partial charge in [0.25, 0.3) is 5.91 Å². The largest absolute Gasteiger partial charge is 0.397 e. The van der Waals surface area contributed by atoms with Crippen LogP contribution in [-0.4, -0.2) is 37.4 Å². The van der Waals surface area contributed by atoms with E-state index in [1.165, 1.54) is 16.2 Å². The number of hydrogen-bond acceptors (Lipinski definition) is 4. The minimum Gasteiger partial charge on any atom is -0.397 e. The van der Waals surface area contributed by atoms with E-state index in [2.05, 4.69) is 21.2 Å². The Labute approximate surface area is 135 Å². The summed E-state index contributed by atoms with van der Waals surface area (Å²) in [5, 5.41) is 3.40. The molecular formula is C14H16BrN3O2S. The lowest BCUT2D eigenvalue weighted by molar-refractivity contribution is -0.120. The lowest BCUT2D eigenvalue weighted by atomic mass is 10.2. The Kier molecular flexibility index (Phi) is 4.84. The molecule has 0 spiro atoms. The number of carbonyl (C=O) groups is 2. The summed E-state index contributed by atoms with van der Waals surface area (Å²) in [7, 11) is 3.25.